The van der Waals surface area contributed by atoms with Crippen molar-refractivity contribution < 1.29 is 9.59 Å². The molecule has 2 amide bonds. The van der Waals surface area contributed by atoms with Crippen molar-refractivity contribution in [2.75, 3.05) is 0 Å². The van der Waals surface area contributed by atoms with E-state index < -0.39 is 11.9 Å². The molecule has 6 heteroatoms. The van der Waals surface area contributed by atoms with E-state index in [0.717, 1.165) is 21.0 Å². The molecule has 1 aromatic heterocycles. The van der Waals surface area contributed by atoms with Gasteiger partial charge in [-0.2, -0.15) is 0 Å². The van der Waals surface area contributed by atoms with E-state index in [9.17, 15) is 9.59 Å². The van der Waals surface area contributed by atoms with Crippen LogP contribution in [0.15, 0.2) is 24.3 Å². The smallest absolute Gasteiger partial charge is 0.274 e. The fraction of sp³-hybridized carbons (Fsp3) is 0.312. The number of benzene rings is 1. The second-order valence-electron chi connectivity index (χ2n) is 5.46. The molecule has 1 atom stereocenters. The molecule has 1 aliphatic heterocycles. The molecule has 0 bridgehead atoms. The number of thiazole rings is 1. The summed E-state index contributed by atoms with van der Waals surface area (Å²) in [5.74, 6) is -0.701. The van der Waals surface area contributed by atoms with Crippen LogP contribution < -0.4 is 5.73 Å². The first-order valence-corrected chi connectivity index (χ1v) is 7.90. The highest BCUT2D eigenvalue weighted by Gasteiger charge is 2.35. The fourth-order valence-corrected chi connectivity index (χ4v) is 3.66. The van der Waals surface area contributed by atoms with Gasteiger partial charge in [-0.05, 0) is 25.0 Å². The summed E-state index contributed by atoms with van der Waals surface area (Å²) in [4.78, 5) is 31.4. The first kappa shape index (κ1) is 14.7. The molecule has 0 spiro atoms. The quantitative estimate of drug-likeness (QED) is 0.918. The lowest BCUT2D eigenvalue weighted by atomic mass is 9.93. The molecule has 0 fully saturated rings. The number of hydrogen-bond donors (Lipinski definition) is 1. The standard InChI is InChI=1S/C16H17N3O2S/c1-9-14(18-10(2)22-9)16(21)19-8-12-6-4-3-5-11(12)7-13(19)15(17)20/h3-6,13H,7-8H2,1-2H3,(H2,17,20)/t13-/m0/s1. The first-order chi connectivity index (χ1) is 10.5. The van der Waals surface area contributed by atoms with Crippen LogP contribution in [0.3, 0.4) is 0 Å². The maximum Gasteiger partial charge on any atom is 0.274 e. The van der Waals surface area contributed by atoms with E-state index in [-0.39, 0.29) is 5.91 Å². The Morgan fingerprint density at radius 1 is 1.27 bits per heavy atom. The van der Waals surface area contributed by atoms with E-state index in [1.165, 1.54) is 11.3 Å². The Bertz CT molecular complexity index is 754. The van der Waals surface area contributed by atoms with E-state index in [1.54, 1.807) is 4.90 Å². The number of hydrogen-bond acceptors (Lipinski definition) is 4. The van der Waals surface area contributed by atoms with Gasteiger partial charge in [0.2, 0.25) is 5.91 Å². The lowest BCUT2D eigenvalue weighted by molar-refractivity contribution is -0.122. The van der Waals surface area contributed by atoms with Gasteiger partial charge < -0.3 is 10.6 Å². The number of aryl methyl sites for hydroxylation is 2. The number of nitrogens with zero attached hydrogens (tertiary/aromatic N) is 2. The number of aromatic nitrogens is 1. The molecular weight excluding hydrogens is 298 g/mol. The van der Waals surface area contributed by atoms with E-state index in [2.05, 4.69) is 4.98 Å². The molecular formula is C16H17N3O2S. The van der Waals surface area contributed by atoms with Gasteiger partial charge in [0, 0.05) is 17.8 Å². The SMILES string of the molecule is Cc1nc(C(=O)N2Cc3ccccc3C[C@H]2C(N)=O)c(C)s1. The van der Waals surface area contributed by atoms with Gasteiger partial charge in [0.15, 0.2) is 0 Å². The summed E-state index contributed by atoms with van der Waals surface area (Å²) in [5.41, 5.74) is 8.07. The number of amides is 2. The Hall–Kier alpha value is -2.21. The van der Waals surface area contributed by atoms with Crippen LogP contribution in [0.4, 0.5) is 0 Å². The molecule has 114 valence electrons. The molecule has 2 aromatic rings. The van der Waals surface area contributed by atoms with E-state index in [4.69, 9.17) is 5.73 Å². The normalized spacial score (nSPS) is 17.2. The van der Waals surface area contributed by atoms with Crippen LogP contribution in [0, 0.1) is 13.8 Å². The summed E-state index contributed by atoms with van der Waals surface area (Å²) >= 11 is 1.48. The van der Waals surface area contributed by atoms with Crippen LogP contribution >= 0.6 is 11.3 Å². The number of nitrogens with two attached hydrogens (primary N) is 1. The zero-order chi connectivity index (χ0) is 15.9. The third-order valence-electron chi connectivity index (χ3n) is 3.94. The zero-order valence-electron chi connectivity index (χ0n) is 12.5. The predicted molar refractivity (Wildman–Crippen MR) is 84.6 cm³/mol. The molecule has 2 N–H and O–H groups in total. The van der Waals surface area contributed by atoms with Crippen molar-refractivity contribution >= 4 is 23.2 Å². The summed E-state index contributed by atoms with van der Waals surface area (Å²) in [6.07, 6.45) is 0.458. The molecule has 5 nitrogen and oxygen atoms in total. The van der Waals surface area contributed by atoms with Crippen LogP contribution in [0.5, 0.6) is 0 Å². The van der Waals surface area contributed by atoms with Gasteiger partial charge >= 0.3 is 0 Å². The number of primary amides is 1. The Morgan fingerprint density at radius 3 is 2.55 bits per heavy atom. The Labute approximate surface area is 132 Å². The van der Waals surface area contributed by atoms with Gasteiger partial charge in [-0.25, -0.2) is 4.98 Å². The van der Waals surface area contributed by atoms with E-state index >= 15 is 0 Å². The van der Waals surface area contributed by atoms with Crippen molar-refractivity contribution in [3.63, 3.8) is 0 Å². The highest BCUT2D eigenvalue weighted by molar-refractivity contribution is 7.11. The second kappa shape index (κ2) is 5.53. The highest BCUT2D eigenvalue weighted by atomic mass is 32.1. The van der Waals surface area contributed by atoms with E-state index in [1.807, 2.05) is 38.1 Å². The lowest BCUT2D eigenvalue weighted by Crippen LogP contribution is -2.51. The number of rotatable bonds is 2. The average Bonchev–Trinajstić information content (AvgIpc) is 2.83. The summed E-state index contributed by atoms with van der Waals surface area (Å²) < 4.78 is 0. The Kier molecular flexibility index (Phi) is 3.70. The summed E-state index contributed by atoms with van der Waals surface area (Å²) in [7, 11) is 0. The largest absolute Gasteiger partial charge is 0.368 e. The van der Waals surface area contributed by atoms with Gasteiger partial charge in [-0.3, -0.25) is 9.59 Å². The van der Waals surface area contributed by atoms with Crippen molar-refractivity contribution in [2.24, 2.45) is 5.73 Å². The van der Waals surface area contributed by atoms with Crippen molar-refractivity contribution in [3.05, 3.63) is 51.0 Å². The number of carbonyl (C=O) groups excluding carboxylic acids is 2. The van der Waals surface area contributed by atoms with Crippen LogP contribution in [-0.2, 0) is 17.8 Å². The van der Waals surface area contributed by atoms with Crippen molar-refractivity contribution in [1.82, 2.24) is 9.88 Å². The maximum atomic E-state index is 12.8. The Balaban J connectivity index is 1.99. The summed E-state index contributed by atoms with van der Waals surface area (Å²) in [6, 6.07) is 7.20. The lowest BCUT2D eigenvalue weighted by Gasteiger charge is -2.34. The molecule has 1 aliphatic rings. The van der Waals surface area contributed by atoms with Crippen LogP contribution in [-0.4, -0.2) is 27.7 Å². The maximum absolute atomic E-state index is 12.8. The number of carbonyl (C=O) groups is 2. The van der Waals surface area contributed by atoms with Gasteiger partial charge in [0.05, 0.1) is 5.01 Å². The van der Waals surface area contributed by atoms with Gasteiger partial charge in [0.25, 0.3) is 5.91 Å². The molecule has 0 saturated carbocycles. The van der Waals surface area contributed by atoms with Crippen molar-refractivity contribution in [3.8, 4) is 0 Å². The zero-order valence-corrected chi connectivity index (χ0v) is 13.3. The van der Waals surface area contributed by atoms with Gasteiger partial charge in [-0.1, -0.05) is 24.3 Å². The van der Waals surface area contributed by atoms with Crippen LogP contribution in [0.2, 0.25) is 0 Å². The molecule has 2 heterocycles. The molecule has 0 radical (unpaired) electrons. The van der Waals surface area contributed by atoms with Crippen LogP contribution in [0.1, 0.15) is 31.5 Å². The third-order valence-corrected chi connectivity index (χ3v) is 4.83. The molecule has 1 aromatic carbocycles. The Morgan fingerprint density at radius 2 is 1.95 bits per heavy atom. The number of fused-ring (bicyclic) bond motifs is 1. The molecule has 22 heavy (non-hydrogen) atoms. The molecule has 0 saturated heterocycles. The van der Waals surface area contributed by atoms with Gasteiger partial charge in [0.1, 0.15) is 11.7 Å². The van der Waals surface area contributed by atoms with E-state index in [0.29, 0.717) is 18.7 Å². The second-order valence-corrected chi connectivity index (χ2v) is 6.87. The van der Waals surface area contributed by atoms with Crippen molar-refractivity contribution in [2.45, 2.75) is 32.9 Å². The van der Waals surface area contributed by atoms with Crippen LogP contribution in [0.25, 0.3) is 0 Å². The molecule has 0 unspecified atom stereocenters. The minimum Gasteiger partial charge on any atom is -0.368 e. The van der Waals surface area contributed by atoms with Gasteiger partial charge in [-0.15, -0.1) is 11.3 Å². The average molecular weight is 315 g/mol. The van der Waals surface area contributed by atoms with Crippen molar-refractivity contribution in [1.29, 1.82) is 0 Å². The fourth-order valence-electron chi connectivity index (χ4n) is 2.85. The predicted octanol–water partition coefficient (Wildman–Crippen LogP) is 1.81. The first-order valence-electron chi connectivity index (χ1n) is 7.08. The minimum atomic E-state index is -0.621. The monoisotopic (exact) mass is 315 g/mol. The minimum absolute atomic E-state index is 0.222. The molecule has 3 rings (SSSR count). The highest BCUT2D eigenvalue weighted by Crippen LogP contribution is 2.26. The third kappa shape index (κ3) is 2.50. The molecule has 0 aliphatic carbocycles. The summed E-state index contributed by atoms with van der Waals surface area (Å²) in [6.45, 7) is 4.12. The topological polar surface area (TPSA) is 76.3 Å². The summed E-state index contributed by atoms with van der Waals surface area (Å²) in [5, 5.41) is 0.842.